The topological polar surface area (TPSA) is 32.7 Å². The molecule has 1 aromatic carbocycles. The number of phenolic OH excluding ortho intramolecular Hbond substituents is 1. The van der Waals surface area contributed by atoms with Gasteiger partial charge in [-0.1, -0.05) is 25.0 Å². The van der Waals surface area contributed by atoms with Crippen LogP contribution in [0.4, 0.5) is 0 Å². The Morgan fingerprint density at radius 1 is 1.20 bits per heavy atom. The van der Waals surface area contributed by atoms with E-state index in [4.69, 9.17) is 4.74 Å². The van der Waals surface area contributed by atoms with Crippen LogP contribution < -0.4 is 0 Å². The van der Waals surface area contributed by atoms with Gasteiger partial charge in [0.2, 0.25) is 0 Å². The summed E-state index contributed by atoms with van der Waals surface area (Å²) in [5, 5.41) is 9.89. The molecular formula is C17H25NO2. The quantitative estimate of drug-likeness (QED) is 0.900. The highest BCUT2D eigenvalue weighted by Crippen LogP contribution is 2.30. The molecule has 1 aliphatic heterocycles. The van der Waals surface area contributed by atoms with Crippen molar-refractivity contribution in [2.75, 3.05) is 13.2 Å². The van der Waals surface area contributed by atoms with Crippen molar-refractivity contribution in [3.05, 3.63) is 28.8 Å². The van der Waals surface area contributed by atoms with Crippen molar-refractivity contribution in [3.8, 4) is 5.75 Å². The highest BCUT2D eigenvalue weighted by Gasteiger charge is 2.33. The van der Waals surface area contributed by atoms with Crippen LogP contribution in [-0.2, 0) is 11.3 Å². The first kappa shape index (κ1) is 13.9. The average molecular weight is 275 g/mol. The van der Waals surface area contributed by atoms with E-state index in [1.807, 2.05) is 13.8 Å². The minimum absolute atomic E-state index is 0.436. The van der Waals surface area contributed by atoms with Gasteiger partial charge in [0.1, 0.15) is 5.75 Å². The van der Waals surface area contributed by atoms with Gasteiger partial charge in [0.15, 0.2) is 0 Å². The van der Waals surface area contributed by atoms with Crippen molar-refractivity contribution in [1.29, 1.82) is 0 Å². The summed E-state index contributed by atoms with van der Waals surface area (Å²) in [6.07, 6.45) is 5.56. The van der Waals surface area contributed by atoms with E-state index in [0.29, 0.717) is 17.9 Å². The molecule has 1 heterocycles. The SMILES string of the molecule is Cc1cc(CN2CCOC3CCCCC32)cc(C)c1O. The molecule has 20 heavy (non-hydrogen) atoms. The lowest BCUT2D eigenvalue weighted by Gasteiger charge is -2.44. The Bertz CT molecular complexity index is 461. The molecule has 0 aromatic heterocycles. The van der Waals surface area contributed by atoms with E-state index in [1.165, 1.54) is 31.2 Å². The second kappa shape index (κ2) is 5.74. The van der Waals surface area contributed by atoms with Crippen LogP contribution in [0.2, 0.25) is 0 Å². The Morgan fingerprint density at radius 3 is 2.65 bits per heavy atom. The van der Waals surface area contributed by atoms with Gasteiger partial charge in [-0.3, -0.25) is 4.90 Å². The van der Waals surface area contributed by atoms with Gasteiger partial charge in [0.25, 0.3) is 0 Å². The van der Waals surface area contributed by atoms with Crippen LogP contribution in [0.3, 0.4) is 0 Å². The summed E-state index contributed by atoms with van der Waals surface area (Å²) in [5.41, 5.74) is 3.27. The van der Waals surface area contributed by atoms with Gasteiger partial charge in [-0.25, -0.2) is 0 Å². The van der Waals surface area contributed by atoms with Crippen molar-refractivity contribution >= 4 is 0 Å². The number of ether oxygens (including phenoxy) is 1. The summed E-state index contributed by atoms with van der Waals surface area (Å²) in [5.74, 6) is 0.436. The summed E-state index contributed by atoms with van der Waals surface area (Å²) >= 11 is 0. The van der Waals surface area contributed by atoms with Crippen LogP contribution in [0.25, 0.3) is 0 Å². The molecular weight excluding hydrogens is 250 g/mol. The first-order valence-electron chi connectivity index (χ1n) is 7.80. The van der Waals surface area contributed by atoms with E-state index in [0.717, 1.165) is 30.8 Å². The summed E-state index contributed by atoms with van der Waals surface area (Å²) < 4.78 is 5.93. The first-order valence-corrected chi connectivity index (χ1v) is 7.80. The summed E-state index contributed by atoms with van der Waals surface area (Å²) in [6.45, 7) is 6.83. The molecule has 3 nitrogen and oxygen atoms in total. The van der Waals surface area contributed by atoms with Gasteiger partial charge in [-0.05, 0) is 43.4 Å². The Labute approximate surface area is 121 Å². The maximum Gasteiger partial charge on any atom is 0.121 e. The Hall–Kier alpha value is -1.06. The Morgan fingerprint density at radius 2 is 1.90 bits per heavy atom. The predicted octanol–water partition coefficient (Wildman–Crippen LogP) is 3.15. The van der Waals surface area contributed by atoms with Gasteiger partial charge in [0.05, 0.1) is 12.7 Å². The Kier molecular flexibility index (Phi) is 3.99. The molecule has 0 bridgehead atoms. The molecule has 3 heteroatoms. The lowest BCUT2D eigenvalue weighted by molar-refractivity contribution is -0.0911. The van der Waals surface area contributed by atoms with Crippen LogP contribution in [-0.4, -0.2) is 35.3 Å². The number of hydrogen-bond donors (Lipinski definition) is 1. The Balaban J connectivity index is 1.76. The van der Waals surface area contributed by atoms with Crippen molar-refractivity contribution in [1.82, 2.24) is 4.90 Å². The van der Waals surface area contributed by atoms with E-state index in [2.05, 4.69) is 17.0 Å². The predicted molar refractivity (Wildman–Crippen MR) is 80.0 cm³/mol. The van der Waals surface area contributed by atoms with Gasteiger partial charge in [0, 0.05) is 19.1 Å². The standard InChI is InChI=1S/C17H25NO2/c1-12-9-14(10-13(2)17(12)19)11-18-7-8-20-16-6-4-3-5-15(16)18/h9-10,15-16,19H,3-8,11H2,1-2H3. The number of phenols is 1. The molecule has 1 aromatic rings. The third-order valence-electron chi connectivity index (χ3n) is 4.78. The van der Waals surface area contributed by atoms with Crippen LogP contribution in [0.15, 0.2) is 12.1 Å². The lowest BCUT2D eigenvalue weighted by Crippen LogP contribution is -2.52. The number of fused-ring (bicyclic) bond motifs is 1. The number of morpholine rings is 1. The second-order valence-electron chi connectivity index (χ2n) is 6.31. The van der Waals surface area contributed by atoms with Crippen molar-refractivity contribution in [2.45, 2.75) is 58.2 Å². The summed E-state index contributed by atoms with van der Waals surface area (Å²) in [6, 6.07) is 4.83. The molecule has 0 amide bonds. The van der Waals surface area contributed by atoms with Crippen LogP contribution >= 0.6 is 0 Å². The van der Waals surface area contributed by atoms with Crippen molar-refractivity contribution in [3.63, 3.8) is 0 Å². The first-order chi connectivity index (χ1) is 9.65. The van der Waals surface area contributed by atoms with Gasteiger partial charge in [-0.2, -0.15) is 0 Å². The minimum atomic E-state index is 0.436. The molecule has 2 unspecified atom stereocenters. The third kappa shape index (κ3) is 2.70. The maximum atomic E-state index is 9.89. The number of hydrogen-bond acceptors (Lipinski definition) is 3. The second-order valence-corrected chi connectivity index (χ2v) is 6.31. The molecule has 2 atom stereocenters. The average Bonchev–Trinajstić information content (AvgIpc) is 2.45. The van der Waals surface area contributed by atoms with E-state index in [9.17, 15) is 5.11 Å². The van der Waals surface area contributed by atoms with Crippen LogP contribution in [0, 0.1) is 13.8 Å². The molecule has 110 valence electrons. The fourth-order valence-electron chi connectivity index (χ4n) is 3.74. The number of rotatable bonds is 2. The van der Waals surface area contributed by atoms with E-state index < -0.39 is 0 Å². The largest absolute Gasteiger partial charge is 0.507 e. The van der Waals surface area contributed by atoms with E-state index in [-0.39, 0.29) is 0 Å². The maximum absolute atomic E-state index is 9.89. The van der Waals surface area contributed by atoms with Gasteiger partial charge in [-0.15, -0.1) is 0 Å². The van der Waals surface area contributed by atoms with E-state index in [1.54, 1.807) is 0 Å². The molecule has 0 spiro atoms. The van der Waals surface area contributed by atoms with Gasteiger partial charge < -0.3 is 9.84 Å². The highest BCUT2D eigenvalue weighted by molar-refractivity contribution is 5.42. The summed E-state index contributed by atoms with van der Waals surface area (Å²) in [4.78, 5) is 2.58. The number of nitrogens with zero attached hydrogens (tertiary/aromatic N) is 1. The zero-order chi connectivity index (χ0) is 14.1. The van der Waals surface area contributed by atoms with E-state index >= 15 is 0 Å². The zero-order valence-corrected chi connectivity index (χ0v) is 12.6. The summed E-state index contributed by atoms with van der Waals surface area (Å²) in [7, 11) is 0. The highest BCUT2D eigenvalue weighted by atomic mass is 16.5. The molecule has 1 aliphatic carbocycles. The normalized spacial score (nSPS) is 27.3. The number of aromatic hydroxyl groups is 1. The molecule has 3 rings (SSSR count). The minimum Gasteiger partial charge on any atom is -0.507 e. The smallest absolute Gasteiger partial charge is 0.121 e. The lowest BCUT2D eigenvalue weighted by atomic mass is 9.89. The fraction of sp³-hybridized carbons (Fsp3) is 0.647. The van der Waals surface area contributed by atoms with Crippen LogP contribution in [0.5, 0.6) is 5.75 Å². The fourth-order valence-corrected chi connectivity index (χ4v) is 3.74. The number of benzene rings is 1. The van der Waals surface area contributed by atoms with Crippen molar-refractivity contribution < 1.29 is 9.84 Å². The van der Waals surface area contributed by atoms with Crippen LogP contribution in [0.1, 0.15) is 42.4 Å². The number of aryl methyl sites for hydroxylation is 2. The monoisotopic (exact) mass is 275 g/mol. The molecule has 2 aliphatic rings. The third-order valence-corrected chi connectivity index (χ3v) is 4.78. The zero-order valence-electron chi connectivity index (χ0n) is 12.6. The molecule has 0 radical (unpaired) electrons. The van der Waals surface area contributed by atoms with Crippen molar-refractivity contribution in [2.24, 2.45) is 0 Å². The molecule has 1 saturated carbocycles. The molecule has 1 saturated heterocycles. The molecule has 2 fully saturated rings. The van der Waals surface area contributed by atoms with Gasteiger partial charge >= 0.3 is 0 Å². The molecule has 1 N–H and O–H groups in total.